The van der Waals surface area contributed by atoms with Gasteiger partial charge in [-0.1, -0.05) is 35.5 Å². The summed E-state index contributed by atoms with van der Waals surface area (Å²) in [7, 11) is 0. The molecule has 1 saturated heterocycles. The molecule has 1 amide bonds. The van der Waals surface area contributed by atoms with Crippen molar-refractivity contribution >= 4 is 6.09 Å². The lowest BCUT2D eigenvalue weighted by atomic mass is 9.91. The molecular weight excluding hydrogens is 296 g/mol. The van der Waals surface area contributed by atoms with Gasteiger partial charge in [0.05, 0.1) is 24.5 Å². The average Bonchev–Trinajstić information content (AvgIpc) is 3.02. The van der Waals surface area contributed by atoms with E-state index in [1.807, 2.05) is 22.9 Å². The number of aryl methyl sites for hydroxylation is 2. The standard InChI is InChI=1S/C16H20N4O3/c21-15-11-19(16(22)23)8-7-13(15)14-10-17-18-20(14)9-6-12-4-2-1-3-5-12/h1-5,10,13,15,21H,6-9,11H2,(H,22,23)/t13-,15+/m0/s1. The number of benzene rings is 1. The fourth-order valence-corrected chi connectivity index (χ4v) is 3.06. The van der Waals surface area contributed by atoms with Crippen molar-refractivity contribution in [3.8, 4) is 0 Å². The first-order valence-corrected chi connectivity index (χ1v) is 7.73. The summed E-state index contributed by atoms with van der Waals surface area (Å²) in [6.07, 6.45) is 1.37. The van der Waals surface area contributed by atoms with Crippen molar-refractivity contribution in [2.75, 3.05) is 13.1 Å². The third-order valence-corrected chi connectivity index (χ3v) is 4.34. The molecule has 122 valence electrons. The van der Waals surface area contributed by atoms with Crippen LogP contribution in [0, 0.1) is 0 Å². The molecule has 0 radical (unpaired) electrons. The zero-order chi connectivity index (χ0) is 16.2. The lowest BCUT2D eigenvalue weighted by Crippen LogP contribution is -2.45. The molecule has 2 heterocycles. The van der Waals surface area contributed by atoms with Gasteiger partial charge in [-0.2, -0.15) is 0 Å². The van der Waals surface area contributed by atoms with Crippen molar-refractivity contribution in [3.63, 3.8) is 0 Å². The number of hydrogen-bond donors (Lipinski definition) is 2. The highest BCUT2D eigenvalue weighted by molar-refractivity contribution is 5.65. The molecule has 3 rings (SSSR count). The van der Waals surface area contributed by atoms with Gasteiger partial charge in [-0.3, -0.25) is 0 Å². The highest BCUT2D eigenvalue weighted by atomic mass is 16.4. The molecule has 2 atom stereocenters. The normalized spacial score (nSPS) is 21.3. The number of likely N-dealkylation sites (tertiary alicyclic amines) is 1. The Kier molecular flexibility index (Phi) is 4.57. The van der Waals surface area contributed by atoms with Gasteiger partial charge in [0, 0.05) is 19.0 Å². The molecule has 0 saturated carbocycles. The molecule has 1 aromatic heterocycles. The average molecular weight is 316 g/mol. The topological polar surface area (TPSA) is 91.5 Å². The molecule has 0 bridgehead atoms. The van der Waals surface area contributed by atoms with Crippen molar-refractivity contribution < 1.29 is 15.0 Å². The first kappa shape index (κ1) is 15.5. The van der Waals surface area contributed by atoms with Crippen LogP contribution in [0.4, 0.5) is 4.79 Å². The Bertz CT molecular complexity index is 658. The summed E-state index contributed by atoms with van der Waals surface area (Å²) in [5.41, 5.74) is 2.09. The van der Waals surface area contributed by atoms with Crippen LogP contribution >= 0.6 is 0 Å². The summed E-state index contributed by atoms with van der Waals surface area (Å²) in [5, 5.41) is 27.4. The van der Waals surface area contributed by atoms with Crippen LogP contribution in [0.5, 0.6) is 0 Å². The second-order valence-electron chi connectivity index (χ2n) is 5.81. The van der Waals surface area contributed by atoms with Gasteiger partial charge < -0.3 is 15.1 Å². The summed E-state index contributed by atoms with van der Waals surface area (Å²) in [6.45, 7) is 1.23. The molecule has 0 aliphatic carbocycles. The highest BCUT2D eigenvalue weighted by Gasteiger charge is 2.33. The van der Waals surface area contributed by atoms with Crippen LogP contribution in [0.2, 0.25) is 0 Å². The van der Waals surface area contributed by atoms with Crippen molar-refractivity contribution in [2.24, 2.45) is 0 Å². The number of carbonyl (C=O) groups is 1. The number of aromatic nitrogens is 3. The number of aliphatic hydroxyl groups excluding tert-OH is 1. The van der Waals surface area contributed by atoms with Gasteiger partial charge in [-0.15, -0.1) is 5.10 Å². The molecule has 1 fully saturated rings. The minimum Gasteiger partial charge on any atom is -0.465 e. The van der Waals surface area contributed by atoms with Gasteiger partial charge in [-0.25, -0.2) is 9.48 Å². The van der Waals surface area contributed by atoms with Crippen LogP contribution in [-0.4, -0.2) is 55.4 Å². The Morgan fingerprint density at radius 1 is 1.30 bits per heavy atom. The first-order valence-electron chi connectivity index (χ1n) is 7.73. The van der Waals surface area contributed by atoms with Crippen molar-refractivity contribution in [1.82, 2.24) is 19.9 Å². The van der Waals surface area contributed by atoms with Crippen LogP contribution in [0.15, 0.2) is 36.5 Å². The second-order valence-corrected chi connectivity index (χ2v) is 5.81. The summed E-state index contributed by atoms with van der Waals surface area (Å²) >= 11 is 0. The maximum absolute atomic E-state index is 11.0. The van der Waals surface area contributed by atoms with Crippen LogP contribution in [0.1, 0.15) is 23.6 Å². The summed E-state index contributed by atoms with van der Waals surface area (Å²) in [5.74, 6) is -0.128. The number of rotatable bonds is 4. The third kappa shape index (κ3) is 3.50. The number of aliphatic hydroxyl groups is 1. The highest BCUT2D eigenvalue weighted by Crippen LogP contribution is 2.28. The van der Waals surface area contributed by atoms with E-state index in [0.717, 1.165) is 12.1 Å². The molecule has 1 aliphatic rings. The molecule has 0 unspecified atom stereocenters. The largest absolute Gasteiger partial charge is 0.465 e. The molecule has 1 aliphatic heterocycles. The molecule has 1 aromatic carbocycles. The summed E-state index contributed by atoms with van der Waals surface area (Å²) in [6, 6.07) is 10.1. The van der Waals surface area contributed by atoms with E-state index >= 15 is 0 Å². The number of piperidine rings is 1. The van der Waals surface area contributed by atoms with E-state index in [2.05, 4.69) is 22.4 Å². The first-order chi connectivity index (χ1) is 11.1. The second kappa shape index (κ2) is 6.78. The van der Waals surface area contributed by atoms with Crippen LogP contribution in [-0.2, 0) is 13.0 Å². The Morgan fingerprint density at radius 3 is 2.78 bits per heavy atom. The molecular formula is C16H20N4O3. The molecule has 23 heavy (non-hydrogen) atoms. The Morgan fingerprint density at radius 2 is 2.09 bits per heavy atom. The van der Waals surface area contributed by atoms with Crippen LogP contribution in [0.25, 0.3) is 0 Å². The van der Waals surface area contributed by atoms with Crippen molar-refractivity contribution in [3.05, 3.63) is 47.8 Å². The molecule has 0 spiro atoms. The zero-order valence-corrected chi connectivity index (χ0v) is 12.7. The fourth-order valence-electron chi connectivity index (χ4n) is 3.06. The predicted molar refractivity (Wildman–Crippen MR) is 83.1 cm³/mol. The predicted octanol–water partition coefficient (Wildman–Crippen LogP) is 1.35. The summed E-state index contributed by atoms with van der Waals surface area (Å²) in [4.78, 5) is 12.3. The van der Waals surface area contributed by atoms with Crippen molar-refractivity contribution in [2.45, 2.75) is 31.4 Å². The number of hydrogen-bond acceptors (Lipinski definition) is 4. The van der Waals surface area contributed by atoms with Gasteiger partial charge in [0.2, 0.25) is 0 Å². The van der Waals surface area contributed by atoms with E-state index in [0.29, 0.717) is 19.5 Å². The van der Waals surface area contributed by atoms with Crippen LogP contribution in [0.3, 0.4) is 0 Å². The Hall–Kier alpha value is -2.41. The lowest BCUT2D eigenvalue weighted by Gasteiger charge is -2.34. The number of β-amino-alcohol motifs (C(OH)–C–C–N with tert-alkyl or cyclic N) is 1. The SMILES string of the molecule is O=C(O)N1CC[C@@H](c2cnnn2CCc2ccccc2)[C@H](O)C1. The maximum Gasteiger partial charge on any atom is 0.407 e. The Balaban J connectivity index is 1.67. The van der Waals surface area contributed by atoms with E-state index in [1.165, 1.54) is 10.5 Å². The number of carboxylic acid groups (broad SMARTS) is 1. The van der Waals surface area contributed by atoms with E-state index in [4.69, 9.17) is 5.11 Å². The van der Waals surface area contributed by atoms with E-state index in [-0.39, 0.29) is 12.5 Å². The van der Waals surface area contributed by atoms with Gasteiger partial charge >= 0.3 is 6.09 Å². The minimum absolute atomic E-state index is 0.128. The van der Waals surface area contributed by atoms with E-state index < -0.39 is 12.2 Å². The number of amides is 1. The smallest absolute Gasteiger partial charge is 0.407 e. The van der Waals surface area contributed by atoms with Crippen molar-refractivity contribution in [1.29, 1.82) is 0 Å². The molecule has 2 aromatic rings. The lowest BCUT2D eigenvalue weighted by molar-refractivity contribution is 0.0480. The van der Waals surface area contributed by atoms with E-state index in [1.54, 1.807) is 6.20 Å². The fraction of sp³-hybridized carbons (Fsp3) is 0.438. The van der Waals surface area contributed by atoms with E-state index in [9.17, 15) is 9.90 Å². The third-order valence-electron chi connectivity index (χ3n) is 4.34. The molecule has 7 nitrogen and oxygen atoms in total. The quantitative estimate of drug-likeness (QED) is 0.888. The van der Waals surface area contributed by atoms with Crippen LogP contribution < -0.4 is 0 Å². The number of nitrogens with zero attached hydrogens (tertiary/aromatic N) is 4. The Labute approximate surface area is 134 Å². The summed E-state index contributed by atoms with van der Waals surface area (Å²) < 4.78 is 1.82. The molecule has 7 heteroatoms. The minimum atomic E-state index is -0.988. The van der Waals surface area contributed by atoms with Gasteiger partial charge in [0.1, 0.15) is 0 Å². The zero-order valence-electron chi connectivity index (χ0n) is 12.7. The molecule has 2 N–H and O–H groups in total. The van der Waals surface area contributed by atoms with Gasteiger partial charge in [0.25, 0.3) is 0 Å². The van der Waals surface area contributed by atoms with Gasteiger partial charge in [0.15, 0.2) is 0 Å². The monoisotopic (exact) mass is 316 g/mol. The van der Waals surface area contributed by atoms with Gasteiger partial charge in [-0.05, 0) is 18.4 Å². The maximum atomic E-state index is 11.0.